The van der Waals surface area contributed by atoms with Crippen molar-refractivity contribution in [2.24, 2.45) is 0 Å². The summed E-state index contributed by atoms with van der Waals surface area (Å²) in [6.07, 6.45) is 0. The molecule has 0 saturated heterocycles. The van der Waals surface area contributed by atoms with Gasteiger partial charge < -0.3 is 15.5 Å². The Hall–Kier alpha value is -2.45. The maximum atomic E-state index is 13.3. The average Bonchev–Trinajstić information content (AvgIpc) is 2.41. The van der Waals surface area contributed by atoms with E-state index in [0.717, 1.165) is 12.1 Å². The van der Waals surface area contributed by atoms with Crippen LogP contribution in [0.1, 0.15) is 11.1 Å². The first-order valence-electron chi connectivity index (χ1n) is 5.65. The fraction of sp³-hybridized carbons (Fsp3) is 0.0714. The second-order valence-corrected chi connectivity index (χ2v) is 4.50. The van der Waals surface area contributed by atoms with Gasteiger partial charge in [-0.05, 0) is 18.2 Å². The summed E-state index contributed by atoms with van der Waals surface area (Å²) < 4.78 is 13.3. The fourth-order valence-corrected chi connectivity index (χ4v) is 1.81. The summed E-state index contributed by atoms with van der Waals surface area (Å²) in [4.78, 5) is 0. The van der Waals surface area contributed by atoms with Gasteiger partial charge in [0.1, 0.15) is 23.4 Å². The molecule has 0 aliphatic heterocycles. The van der Waals surface area contributed by atoms with E-state index in [1.165, 1.54) is 12.1 Å². The van der Waals surface area contributed by atoms with E-state index in [9.17, 15) is 14.6 Å². The number of nitriles is 1. The zero-order valence-electron chi connectivity index (χ0n) is 10.2. The normalized spacial score (nSPS) is 10.1. The predicted molar refractivity (Wildman–Crippen MR) is 73.2 cm³/mol. The zero-order chi connectivity index (χ0) is 14.7. The monoisotopic (exact) mass is 292 g/mol. The van der Waals surface area contributed by atoms with E-state index in [0.29, 0.717) is 11.3 Å². The maximum Gasteiger partial charge on any atom is 0.142 e. The lowest BCUT2D eigenvalue weighted by atomic mass is 10.1. The molecule has 0 radical (unpaired) electrons. The van der Waals surface area contributed by atoms with Crippen molar-refractivity contribution < 1.29 is 14.6 Å². The largest absolute Gasteiger partial charge is 0.508 e. The second-order valence-electron chi connectivity index (χ2n) is 4.09. The molecule has 0 aliphatic rings. The third-order valence-corrected chi connectivity index (χ3v) is 3.01. The van der Waals surface area contributed by atoms with Gasteiger partial charge in [0.2, 0.25) is 0 Å². The quantitative estimate of drug-likeness (QED) is 0.810. The van der Waals surface area contributed by atoms with Crippen molar-refractivity contribution in [3.05, 3.63) is 52.3 Å². The second kappa shape index (κ2) is 5.68. The van der Waals surface area contributed by atoms with E-state index >= 15 is 0 Å². The van der Waals surface area contributed by atoms with E-state index < -0.39 is 5.82 Å². The molecule has 0 unspecified atom stereocenters. The molecule has 102 valence electrons. The van der Waals surface area contributed by atoms with Gasteiger partial charge >= 0.3 is 0 Å². The summed E-state index contributed by atoms with van der Waals surface area (Å²) in [5, 5.41) is 30.6. The lowest BCUT2D eigenvalue weighted by Crippen LogP contribution is -2.00. The number of aromatic hydroxyl groups is 2. The van der Waals surface area contributed by atoms with Gasteiger partial charge in [-0.15, -0.1) is 0 Å². The molecule has 0 aromatic heterocycles. The van der Waals surface area contributed by atoms with Crippen LogP contribution in [0, 0.1) is 17.1 Å². The number of halogens is 2. The van der Waals surface area contributed by atoms with Crippen molar-refractivity contribution in [3.63, 3.8) is 0 Å². The topological polar surface area (TPSA) is 76.3 Å². The predicted octanol–water partition coefficient (Wildman–Crippen LogP) is 3.37. The van der Waals surface area contributed by atoms with Crippen molar-refractivity contribution >= 4 is 17.3 Å². The Kier molecular flexibility index (Phi) is 3.97. The molecule has 0 saturated carbocycles. The molecule has 20 heavy (non-hydrogen) atoms. The molecule has 0 bridgehead atoms. The Morgan fingerprint density at radius 2 is 1.95 bits per heavy atom. The number of anilines is 1. The van der Waals surface area contributed by atoms with Crippen LogP contribution in [0.3, 0.4) is 0 Å². The Morgan fingerprint density at radius 1 is 1.20 bits per heavy atom. The molecule has 2 rings (SSSR count). The number of phenolic OH excluding ortho intramolecular Hbond substituents is 2. The molecule has 2 aromatic carbocycles. The van der Waals surface area contributed by atoms with Crippen LogP contribution >= 0.6 is 11.6 Å². The Labute approximate surface area is 119 Å². The highest BCUT2D eigenvalue weighted by atomic mass is 35.5. The number of hydrogen-bond acceptors (Lipinski definition) is 4. The van der Waals surface area contributed by atoms with Gasteiger partial charge in [-0.1, -0.05) is 11.6 Å². The standard InChI is InChI=1S/C14H10ClFN2O2/c15-11-5-14(20)9(3-12(11)16)7-18-10-2-1-8(6-17)13(19)4-10/h1-5,18-20H,7H2. The van der Waals surface area contributed by atoms with E-state index in [-0.39, 0.29) is 28.6 Å². The van der Waals surface area contributed by atoms with E-state index in [4.69, 9.17) is 16.9 Å². The molecule has 0 heterocycles. The third kappa shape index (κ3) is 2.92. The Balaban J connectivity index is 2.15. The van der Waals surface area contributed by atoms with Crippen LogP contribution in [-0.2, 0) is 6.54 Å². The Bertz CT molecular complexity index is 698. The van der Waals surface area contributed by atoms with Gasteiger partial charge in [0, 0.05) is 29.9 Å². The number of benzene rings is 2. The summed E-state index contributed by atoms with van der Waals surface area (Å²) in [5.41, 5.74) is 1.03. The maximum absolute atomic E-state index is 13.3. The molecule has 0 fully saturated rings. The van der Waals surface area contributed by atoms with Crippen LogP contribution in [0.5, 0.6) is 11.5 Å². The van der Waals surface area contributed by atoms with E-state index in [1.807, 2.05) is 6.07 Å². The molecule has 3 N–H and O–H groups in total. The highest BCUT2D eigenvalue weighted by molar-refractivity contribution is 6.30. The van der Waals surface area contributed by atoms with Gasteiger partial charge in [0.15, 0.2) is 0 Å². The molecule has 0 spiro atoms. The average molecular weight is 293 g/mol. The van der Waals surface area contributed by atoms with Crippen molar-refractivity contribution in [1.29, 1.82) is 5.26 Å². The zero-order valence-corrected chi connectivity index (χ0v) is 10.9. The van der Waals surface area contributed by atoms with Gasteiger partial charge in [0.05, 0.1) is 10.6 Å². The smallest absolute Gasteiger partial charge is 0.142 e. The lowest BCUT2D eigenvalue weighted by molar-refractivity contribution is 0.466. The minimum absolute atomic E-state index is 0.123. The van der Waals surface area contributed by atoms with Gasteiger partial charge in [-0.3, -0.25) is 0 Å². The molecule has 0 aliphatic carbocycles. The van der Waals surface area contributed by atoms with Crippen LogP contribution in [-0.4, -0.2) is 10.2 Å². The Morgan fingerprint density at radius 3 is 2.60 bits per heavy atom. The van der Waals surface area contributed by atoms with Crippen LogP contribution < -0.4 is 5.32 Å². The summed E-state index contributed by atoms with van der Waals surface area (Å²) in [6, 6.07) is 8.53. The SMILES string of the molecule is N#Cc1ccc(NCc2cc(F)c(Cl)cc2O)cc1O. The van der Waals surface area contributed by atoms with Crippen LogP contribution in [0.25, 0.3) is 0 Å². The minimum Gasteiger partial charge on any atom is -0.508 e. The third-order valence-electron chi connectivity index (χ3n) is 2.72. The van der Waals surface area contributed by atoms with Crippen molar-refractivity contribution in [3.8, 4) is 17.6 Å². The van der Waals surface area contributed by atoms with Crippen molar-refractivity contribution in [2.75, 3.05) is 5.32 Å². The minimum atomic E-state index is -0.621. The molecule has 2 aromatic rings. The number of nitrogens with one attached hydrogen (secondary N) is 1. The molecule has 6 heteroatoms. The van der Waals surface area contributed by atoms with Crippen molar-refractivity contribution in [2.45, 2.75) is 6.54 Å². The number of nitrogens with zero attached hydrogens (tertiary/aromatic N) is 1. The lowest BCUT2D eigenvalue weighted by Gasteiger charge is -2.09. The van der Waals surface area contributed by atoms with Gasteiger partial charge in [-0.2, -0.15) is 5.26 Å². The summed E-state index contributed by atoms with van der Waals surface area (Å²) in [5.74, 6) is -0.894. The van der Waals surface area contributed by atoms with Crippen LogP contribution in [0.4, 0.5) is 10.1 Å². The van der Waals surface area contributed by atoms with E-state index in [2.05, 4.69) is 5.32 Å². The van der Waals surface area contributed by atoms with Crippen LogP contribution in [0.2, 0.25) is 5.02 Å². The first-order valence-corrected chi connectivity index (χ1v) is 6.03. The first kappa shape index (κ1) is 14.0. The summed E-state index contributed by atoms with van der Waals surface area (Å²) in [7, 11) is 0. The molecular formula is C14H10ClFN2O2. The first-order chi connectivity index (χ1) is 9.51. The van der Waals surface area contributed by atoms with Crippen molar-refractivity contribution in [1.82, 2.24) is 0 Å². The summed E-state index contributed by atoms with van der Waals surface area (Å²) >= 11 is 5.54. The van der Waals surface area contributed by atoms with Crippen LogP contribution in [0.15, 0.2) is 30.3 Å². The number of rotatable bonds is 3. The fourth-order valence-electron chi connectivity index (χ4n) is 1.65. The van der Waals surface area contributed by atoms with E-state index in [1.54, 1.807) is 6.07 Å². The molecular weight excluding hydrogens is 283 g/mol. The van der Waals surface area contributed by atoms with Gasteiger partial charge in [0.25, 0.3) is 0 Å². The number of phenols is 2. The molecule has 4 nitrogen and oxygen atoms in total. The number of hydrogen-bond donors (Lipinski definition) is 3. The molecule has 0 amide bonds. The highest BCUT2D eigenvalue weighted by Gasteiger charge is 2.08. The summed E-state index contributed by atoms with van der Waals surface area (Å²) in [6.45, 7) is 0.144. The molecule has 0 atom stereocenters. The highest BCUT2D eigenvalue weighted by Crippen LogP contribution is 2.27. The van der Waals surface area contributed by atoms with Gasteiger partial charge in [-0.25, -0.2) is 4.39 Å².